The highest BCUT2D eigenvalue weighted by Gasteiger charge is 2.22. The Labute approximate surface area is 196 Å². The molecule has 1 heterocycles. The number of methoxy groups -OCH3 is 2. The maximum Gasteiger partial charge on any atom is 0.332 e. The zero-order valence-corrected chi connectivity index (χ0v) is 19.3. The lowest BCUT2D eigenvalue weighted by Gasteiger charge is -2.24. The largest absolute Gasteiger partial charge is 0.497 e. The second-order valence-electron chi connectivity index (χ2n) is 6.80. The van der Waals surface area contributed by atoms with Crippen molar-refractivity contribution in [2.24, 2.45) is 0 Å². The van der Waals surface area contributed by atoms with Gasteiger partial charge in [0.15, 0.2) is 0 Å². The van der Waals surface area contributed by atoms with Gasteiger partial charge in [0.2, 0.25) is 5.95 Å². The zero-order chi connectivity index (χ0) is 23.1. The second-order valence-corrected chi connectivity index (χ2v) is 7.61. The molecule has 2 amide bonds. The van der Waals surface area contributed by atoms with Gasteiger partial charge in [-0.2, -0.15) is 4.98 Å². The number of benzene rings is 2. The first-order valence-corrected chi connectivity index (χ1v) is 10.5. The van der Waals surface area contributed by atoms with Crippen molar-refractivity contribution in [2.45, 2.75) is 13.0 Å². The van der Waals surface area contributed by atoms with Crippen molar-refractivity contribution < 1.29 is 14.3 Å². The molecule has 0 spiro atoms. The van der Waals surface area contributed by atoms with Crippen molar-refractivity contribution in [1.82, 2.24) is 9.97 Å². The first-order chi connectivity index (χ1) is 15.4. The van der Waals surface area contributed by atoms with Crippen molar-refractivity contribution in [2.75, 3.05) is 36.4 Å². The average molecular weight is 476 g/mol. The van der Waals surface area contributed by atoms with Crippen LogP contribution in [0, 0.1) is 0 Å². The lowest BCUT2D eigenvalue weighted by Crippen LogP contribution is -2.32. The molecule has 1 atom stereocenters. The van der Waals surface area contributed by atoms with Crippen LogP contribution in [-0.2, 0) is 4.74 Å². The minimum absolute atomic E-state index is 0.0274. The minimum Gasteiger partial charge on any atom is -0.497 e. The Hall–Kier alpha value is -3.07. The number of hydrogen-bond donors (Lipinski definition) is 2. The Bertz CT molecular complexity index is 1050. The number of hydrogen-bond acceptors (Lipinski definition) is 6. The number of urea groups is 1. The number of amides is 2. The normalized spacial score (nSPS) is 11.5. The summed E-state index contributed by atoms with van der Waals surface area (Å²) < 4.78 is 10.4. The van der Waals surface area contributed by atoms with E-state index in [4.69, 9.17) is 32.7 Å². The molecular weight excluding hydrogens is 453 g/mol. The fourth-order valence-corrected chi connectivity index (χ4v) is 3.41. The number of carbonyl (C=O) groups excluding carboxylic acids is 1. The summed E-state index contributed by atoms with van der Waals surface area (Å²) in [6.07, 6.45) is 1.57. The van der Waals surface area contributed by atoms with Gasteiger partial charge in [-0.15, -0.1) is 0 Å². The van der Waals surface area contributed by atoms with Gasteiger partial charge in [0.1, 0.15) is 11.6 Å². The maximum atomic E-state index is 13.4. The summed E-state index contributed by atoms with van der Waals surface area (Å²) in [5.41, 5.74) is 0.863. The van der Waals surface area contributed by atoms with Crippen LogP contribution in [0.4, 0.5) is 27.9 Å². The third-order valence-electron chi connectivity index (χ3n) is 4.39. The summed E-state index contributed by atoms with van der Waals surface area (Å²) in [6, 6.07) is 13.1. The van der Waals surface area contributed by atoms with E-state index in [0.29, 0.717) is 45.5 Å². The van der Waals surface area contributed by atoms with Gasteiger partial charge in [-0.25, -0.2) is 14.7 Å². The van der Waals surface area contributed by atoms with E-state index >= 15 is 0 Å². The SMILES string of the molecule is COC[C@H](C)Nc1nccc(N(C(=O)Nc2c(Cl)cccc2Cl)c2ccc(OC)cc2)n1. The van der Waals surface area contributed by atoms with E-state index in [1.807, 2.05) is 6.92 Å². The number of ether oxygens (including phenoxy) is 2. The van der Waals surface area contributed by atoms with Gasteiger partial charge in [-0.3, -0.25) is 0 Å². The van der Waals surface area contributed by atoms with Crippen molar-refractivity contribution in [1.29, 1.82) is 0 Å². The summed E-state index contributed by atoms with van der Waals surface area (Å²) in [6.45, 7) is 2.41. The molecule has 0 aliphatic heterocycles. The maximum absolute atomic E-state index is 13.4. The molecule has 0 aliphatic rings. The Kier molecular flexibility index (Phi) is 8.10. The number of nitrogens with zero attached hydrogens (tertiary/aromatic N) is 3. The first-order valence-electron chi connectivity index (χ1n) is 9.70. The molecule has 0 bridgehead atoms. The van der Waals surface area contributed by atoms with Crippen LogP contribution in [0.1, 0.15) is 6.92 Å². The lowest BCUT2D eigenvalue weighted by atomic mass is 10.2. The highest BCUT2D eigenvalue weighted by molar-refractivity contribution is 6.40. The molecule has 8 nitrogen and oxygen atoms in total. The summed E-state index contributed by atoms with van der Waals surface area (Å²) in [7, 11) is 3.19. The van der Waals surface area contributed by atoms with E-state index < -0.39 is 6.03 Å². The molecule has 1 aromatic heterocycles. The zero-order valence-electron chi connectivity index (χ0n) is 17.8. The summed E-state index contributed by atoms with van der Waals surface area (Å²) >= 11 is 12.5. The highest BCUT2D eigenvalue weighted by atomic mass is 35.5. The van der Waals surface area contributed by atoms with Crippen LogP contribution in [0.5, 0.6) is 5.75 Å². The van der Waals surface area contributed by atoms with Crippen molar-refractivity contribution >= 4 is 52.4 Å². The van der Waals surface area contributed by atoms with Crippen molar-refractivity contribution in [3.63, 3.8) is 0 Å². The molecular formula is C22H23Cl2N5O3. The molecule has 3 aromatic rings. The van der Waals surface area contributed by atoms with E-state index in [1.54, 1.807) is 68.9 Å². The van der Waals surface area contributed by atoms with Crippen LogP contribution < -0.4 is 20.3 Å². The molecule has 0 unspecified atom stereocenters. The number of aromatic nitrogens is 2. The number of halogens is 2. The smallest absolute Gasteiger partial charge is 0.332 e. The van der Waals surface area contributed by atoms with E-state index in [-0.39, 0.29) is 6.04 Å². The Morgan fingerprint density at radius 3 is 2.41 bits per heavy atom. The lowest BCUT2D eigenvalue weighted by molar-refractivity contribution is 0.190. The van der Waals surface area contributed by atoms with Gasteiger partial charge in [0.25, 0.3) is 0 Å². The molecule has 0 saturated carbocycles. The highest BCUT2D eigenvalue weighted by Crippen LogP contribution is 2.32. The molecule has 2 N–H and O–H groups in total. The summed E-state index contributed by atoms with van der Waals surface area (Å²) in [5.74, 6) is 1.36. The first kappa shape index (κ1) is 23.6. The molecule has 0 saturated heterocycles. The molecule has 10 heteroatoms. The van der Waals surface area contributed by atoms with E-state index in [2.05, 4.69) is 20.6 Å². The van der Waals surface area contributed by atoms with Gasteiger partial charge in [-0.1, -0.05) is 29.3 Å². The fourth-order valence-electron chi connectivity index (χ4n) is 2.92. The molecule has 32 heavy (non-hydrogen) atoms. The predicted octanol–water partition coefficient (Wildman–Crippen LogP) is 5.61. The van der Waals surface area contributed by atoms with Crippen LogP contribution in [0.3, 0.4) is 0 Å². The van der Waals surface area contributed by atoms with Crippen LogP contribution >= 0.6 is 23.2 Å². The fraction of sp³-hybridized carbons (Fsp3) is 0.227. The van der Waals surface area contributed by atoms with Crippen LogP contribution in [0.25, 0.3) is 0 Å². The summed E-state index contributed by atoms with van der Waals surface area (Å²) in [4.78, 5) is 23.5. The molecule has 0 radical (unpaired) electrons. The quantitative estimate of drug-likeness (QED) is 0.440. The Morgan fingerprint density at radius 1 is 1.09 bits per heavy atom. The molecule has 168 valence electrons. The van der Waals surface area contributed by atoms with Crippen LogP contribution in [0.2, 0.25) is 10.0 Å². The molecule has 0 aliphatic carbocycles. The third-order valence-corrected chi connectivity index (χ3v) is 5.02. The number of anilines is 4. The molecule has 3 rings (SSSR count). The van der Waals surface area contributed by atoms with Gasteiger partial charge in [0.05, 0.1) is 35.1 Å². The van der Waals surface area contributed by atoms with E-state index in [1.165, 1.54) is 4.90 Å². The number of carbonyl (C=O) groups is 1. The topological polar surface area (TPSA) is 88.6 Å². The minimum atomic E-state index is -0.500. The number of rotatable bonds is 8. The monoisotopic (exact) mass is 475 g/mol. The number of nitrogens with one attached hydrogen (secondary N) is 2. The van der Waals surface area contributed by atoms with Crippen LogP contribution in [0.15, 0.2) is 54.7 Å². The molecule has 2 aromatic carbocycles. The number of para-hydroxylation sites is 1. The van der Waals surface area contributed by atoms with Gasteiger partial charge in [-0.05, 0) is 43.3 Å². The van der Waals surface area contributed by atoms with E-state index in [9.17, 15) is 4.79 Å². The van der Waals surface area contributed by atoms with Gasteiger partial charge >= 0.3 is 6.03 Å². The second kappa shape index (κ2) is 11.0. The van der Waals surface area contributed by atoms with E-state index in [0.717, 1.165) is 0 Å². The van der Waals surface area contributed by atoms with Crippen molar-refractivity contribution in [3.05, 3.63) is 64.8 Å². The van der Waals surface area contributed by atoms with Gasteiger partial charge < -0.3 is 20.1 Å². The van der Waals surface area contributed by atoms with Gasteiger partial charge in [0, 0.05) is 25.4 Å². The standard InChI is InChI=1S/C22H23Cl2N5O3/c1-14(13-31-2)26-21-25-12-11-19(27-21)29(15-7-9-16(32-3)10-8-15)22(30)28-20-17(23)5-4-6-18(20)24/h4-12,14H,13H2,1-3H3,(H,28,30)(H,25,26,27)/t14-/m0/s1. The predicted molar refractivity (Wildman–Crippen MR) is 128 cm³/mol. The average Bonchev–Trinajstić information content (AvgIpc) is 2.77. The van der Waals surface area contributed by atoms with Crippen molar-refractivity contribution in [3.8, 4) is 5.75 Å². The summed E-state index contributed by atoms with van der Waals surface area (Å²) in [5, 5.41) is 6.56. The van der Waals surface area contributed by atoms with Crippen LogP contribution in [-0.4, -0.2) is 42.9 Å². The third kappa shape index (κ3) is 5.79. The Balaban J connectivity index is 1.98. The Morgan fingerprint density at radius 2 is 1.78 bits per heavy atom. The molecule has 0 fully saturated rings.